The fraction of sp³-hybridized carbons (Fsp3) is 0.409. The molecule has 0 spiro atoms. The fourth-order valence-electron chi connectivity index (χ4n) is 3.30. The van der Waals surface area contributed by atoms with Gasteiger partial charge in [-0.2, -0.15) is 0 Å². The molecule has 3 rings (SSSR count). The van der Waals surface area contributed by atoms with Crippen LogP contribution in [-0.4, -0.2) is 49.7 Å². The Kier molecular flexibility index (Phi) is 6.29. The largest absolute Gasteiger partial charge is 0.384 e. The summed E-state index contributed by atoms with van der Waals surface area (Å²) in [6, 6.07) is 15.0. The van der Waals surface area contributed by atoms with E-state index >= 15 is 0 Å². The lowest BCUT2D eigenvalue weighted by molar-refractivity contribution is 0.312. The third-order valence-corrected chi connectivity index (χ3v) is 5.14. The SMILES string of the molecule is C/C=C(\NCC(C)c1ccccc1)c1ccc(N2CCN(C)CC2)nc1. The molecule has 0 bridgehead atoms. The first-order valence-corrected chi connectivity index (χ1v) is 9.52. The fourth-order valence-corrected chi connectivity index (χ4v) is 3.30. The molecule has 1 N–H and O–H groups in total. The van der Waals surface area contributed by atoms with Gasteiger partial charge in [0, 0.05) is 50.2 Å². The monoisotopic (exact) mass is 350 g/mol. The normalized spacial score (nSPS) is 17.2. The Labute approximate surface area is 157 Å². The Hall–Kier alpha value is -2.33. The van der Waals surface area contributed by atoms with Crippen molar-refractivity contribution >= 4 is 11.5 Å². The maximum absolute atomic E-state index is 4.71. The van der Waals surface area contributed by atoms with Crippen molar-refractivity contribution in [3.63, 3.8) is 0 Å². The van der Waals surface area contributed by atoms with Crippen molar-refractivity contribution in [2.24, 2.45) is 0 Å². The van der Waals surface area contributed by atoms with Crippen molar-refractivity contribution in [2.45, 2.75) is 19.8 Å². The van der Waals surface area contributed by atoms with Crippen LogP contribution in [0.1, 0.15) is 30.9 Å². The maximum Gasteiger partial charge on any atom is 0.128 e. The van der Waals surface area contributed by atoms with Gasteiger partial charge < -0.3 is 15.1 Å². The van der Waals surface area contributed by atoms with E-state index in [-0.39, 0.29) is 0 Å². The van der Waals surface area contributed by atoms with Gasteiger partial charge in [0.05, 0.1) is 0 Å². The lowest BCUT2D eigenvalue weighted by Gasteiger charge is -2.33. The van der Waals surface area contributed by atoms with Crippen LogP contribution in [0.15, 0.2) is 54.7 Å². The number of aromatic nitrogens is 1. The number of benzene rings is 1. The summed E-state index contributed by atoms with van der Waals surface area (Å²) in [6.45, 7) is 9.53. The van der Waals surface area contributed by atoms with E-state index in [4.69, 9.17) is 4.98 Å². The highest BCUT2D eigenvalue weighted by Crippen LogP contribution is 2.19. The first-order valence-electron chi connectivity index (χ1n) is 9.52. The molecule has 4 nitrogen and oxygen atoms in total. The lowest BCUT2D eigenvalue weighted by atomic mass is 10.0. The maximum atomic E-state index is 4.71. The van der Waals surface area contributed by atoms with Crippen molar-refractivity contribution < 1.29 is 0 Å². The van der Waals surface area contributed by atoms with E-state index < -0.39 is 0 Å². The van der Waals surface area contributed by atoms with Crippen LogP contribution in [0.25, 0.3) is 5.70 Å². The summed E-state index contributed by atoms with van der Waals surface area (Å²) >= 11 is 0. The standard InChI is InChI=1S/C22H30N4/c1-4-21(23-16-18(2)19-8-6-5-7-9-19)20-10-11-22(24-17-20)26-14-12-25(3)13-15-26/h4-11,17-18,23H,12-16H2,1-3H3/b21-4-. The number of likely N-dealkylation sites (N-methyl/N-ethyl adjacent to an activating group) is 1. The molecule has 0 radical (unpaired) electrons. The number of piperazine rings is 1. The number of pyridine rings is 1. The Morgan fingerprint density at radius 1 is 1.12 bits per heavy atom. The van der Waals surface area contributed by atoms with E-state index in [1.54, 1.807) is 0 Å². The number of allylic oxidation sites excluding steroid dienone is 1. The van der Waals surface area contributed by atoms with Gasteiger partial charge in [0.25, 0.3) is 0 Å². The van der Waals surface area contributed by atoms with Crippen LogP contribution in [0.3, 0.4) is 0 Å². The van der Waals surface area contributed by atoms with Crippen LogP contribution in [0.4, 0.5) is 5.82 Å². The Morgan fingerprint density at radius 2 is 1.85 bits per heavy atom. The molecule has 0 saturated carbocycles. The molecule has 4 heteroatoms. The second-order valence-electron chi connectivity index (χ2n) is 7.09. The zero-order valence-electron chi connectivity index (χ0n) is 16.2. The minimum absolute atomic E-state index is 0.462. The van der Waals surface area contributed by atoms with E-state index in [2.05, 4.69) is 84.6 Å². The highest BCUT2D eigenvalue weighted by atomic mass is 15.3. The molecule has 2 aromatic rings. The molecule has 1 aliphatic rings. The number of nitrogens with zero attached hydrogens (tertiary/aromatic N) is 3. The molecule has 1 atom stereocenters. The Bertz CT molecular complexity index is 701. The minimum atomic E-state index is 0.462. The van der Waals surface area contributed by atoms with Crippen molar-refractivity contribution in [1.82, 2.24) is 15.2 Å². The topological polar surface area (TPSA) is 31.4 Å². The van der Waals surface area contributed by atoms with E-state index in [1.807, 2.05) is 6.20 Å². The molecular weight excluding hydrogens is 320 g/mol. The molecule has 1 aromatic carbocycles. The van der Waals surface area contributed by atoms with E-state index in [1.165, 1.54) is 5.56 Å². The first-order chi connectivity index (χ1) is 12.7. The third kappa shape index (κ3) is 4.64. The number of nitrogens with one attached hydrogen (secondary N) is 1. The van der Waals surface area contributed by atoms with Crippen molar-refractivity contribution in [3.8, 4) is 0 Å². The van der Waals surface area contributed by atoms with Gasteiger partial charge in [-0.15, -0.1) is 0 Å². The molecule has 1 unspecified atom stereocenters. The van der Waals surface area contributed by atoms with Crippen LogP contribution in [-0.2, 0) is 0 Å². The molecule has 0 aliphatic carbocycles. The smallest absolute Gasteiger partial charge is 0.128 e. The zero-order chi connectivity index (χ0) is 18.4. The second-order valence-corrected chi connectivity index (χ2v) is 7.09. The van der Waals surface area contributed by atoms with Crippen molar-refractivity contribution in [1.29, 1.82) is 0 Å². The molecule has 1 saturated heterocycles. The molecule has 138 valence electrons. The molecule has 1 aromatic heterocycles. The van der Waals surface area contributed by atoms with Gasteiger partial charge in [-0.3, -0.25) is 0 Å². The second kappa shape index (κ2) is 8.86. The summed E-state index contributed by atoms with van der Waals surface area (Å²) in [6.07, 6.45) is 4.12. The highest BCUT2D eigenvalue weighted by Gasteiger charge is 2.15. The van der Waals surface area contributed by atoms with Crippen LogP contribution in [0, 0.1) is 0 Å². The molecule has 26 heavy (non-hydrogen) atoms. The summed E-state index contributed by atoms with van der Waals surface area (Å²) in [5.74, 6) is 1.54. The van der Waals surface area contributed by atoms with Gasteiger partial charge >= 0.3 is 0 Å². The summed E-state index contributed by atoms with van der Waals surface area (Å²) in [4.78, 5) is 9.43. The Morgan fingerprint density at radius 3 is 2.46 bits per heavy atom. The average Bonchev–Trinajstić information content (AvgIpc) is 2.70. The average molecular weight is 351 g/mol. The van der Waals surface area contributed by atoms with Gasteiger partial charge in [-0.05, 0) is 37.6 Å². The predicted molar refractivity (Wildman–Crippen MR) is 110 cm³/mol. The number of rotatable bonds is 6. The van der Waals surface area contributed by atoms with Crippen LogP contribution >= 0.6 is 0 Å². The van der Waals surface area contributed by atoms with Gasteiger partial charge in [0.2, 0.25) is 0 Å². The molecule has 1 fully saturated rings. The van der Waals surface area contributed by atoms with E-state index in [9.17, 15) is 0 Å². The van der Waals surface area contributed by atoms with E-state index in [0.717, 1.165) is 49.8 Å². The van der Waals surface area contributed by atoms with Crippen LogP contribution < -0.4 is 10.2 Å². The summed E-state index contributed by atoms with van der Waals surface area (Å²) in [5, 5.41) is 3.59. The number of hydrogen-bond acceptors (Lipinski definition) is 4. The first kappa shape index (κ1) is 18.5. The van der Waals surface area contributed by atoms with Crippen molar-refractivity contribution in [2.75, 3.05) is 44.7 Å². The minimum Gasteiger partial charge on any atom is -0.384 e. The highest BCUT2D eigenvalue weighted by molar-refractivity contribution is 5.64. The summed E-state index contributed by atoms with van der Waals surface area (Å²) < 4.78 is 0. The third-order valence-electron chi connectivity index (χ3n) is 5.14. The van der Waals surface area contributed by atoms with E-state index in [0.29, 0.717) is 5.92 Å². The van der Waals surface area contributed by atoms with Gasteiger partial charge in [0.1, 0.15) is 5.82 Å². The lowest BCUT2D eigenvalue weighted by Crippen LogP contribution is -2.44. The predicted octanol–water partition coefficient (Wildman–Crippen LogP) is 3.59. The molecule has 1 aliphatic heterocycles. The van der Waals surface area contributed by atoms with Gasteiger partial charge in [-0.1, -0.05) is 43.3 Å². The Balaban J connectivity index is 1.60. The number of anilines is 1. The summed E-state index contributed by atoms with van der Waals surface area (Å²) in [5.41, 5.74) is 3.65. The molecule has 0 amide bonds. The summed E-state index contributed by atoms with van der Waals surface area (Å²) in [7, 11) is 2.17. The molecule has 2 heterocycles. The van der Waals surface area contributed by atoms with Crippen LogP contribution in [0.2, 0.25) is 0 Å². The quantitative estimate of drug-likeness (QED) is 0.863. The van der Waals surface area contributed by atoms with Crippen molar-refractivity contribution in [3.05, 3.63) is 65.9 Å². The van der Waals surface area contributed by atoms with Gasteiger partial charge in [0.15, 0.2) is 0 Å². The number of hydrogen-bond donors (Lipinski definition) is 1. The zero-order valence-corrected chi connectivity index (χ0v) is 16.2. The van der Waals surface area contributed by atoms with Gasteiger partial charge in [-0.25, -0.2) is 4.98 Å². The van der Waals surface area contributed by atoms with Crippen LogP contribution in [0.5, 0.6) is 0 Å². The molecular formula is C22H30N4.